The fourth-order valence-corrected chi connectivity index (χ4v) is 2.91. The fourth-order valence-electron chi connectivity index (χ4n) is 2.91. The van der Waals surface area contributed by atoms with Crippen molar-refractivity contribution < 1.29 is 19.1 Å². The van der Waals surface area contributed by atoms with E-state index in [9.17, 15) is 9.59 Å². The second-order valence-electron chi connectivity index (χ2n) is 7.47. The van der Waals surface area contributed by atoms with Crippen LogP contribution in [0.2, 0.25) is 0 Å². The first kappa shape index (κ1) is 27.2. The van der Waals surface area contributed by atoms with Crippen LogP contribution in [-0.2, 0) is 14.3 Å². The van der Waals surface area contributed by atoms with Crippen LogP contribution in [0.3, 0.4) is 0 Å². The number of unbranched alkanes of at least 4 members (excludes halogenated alkanes) is 2. The van der Waals surface area contributed by atoms with E-state index >= 15 is 0 Å². The maximum absolute atomic E-state index is 12.3. The fraction of sp³-hybridized carbons (Fsp3) is 0.429. The van der Waals surface area contributed by atoms with Crippen molar-refractivity contribution in [3.8, 4) is 0 Å². The Hall–Kier alpha value is -2.88. The van der Waals surface area contributed by atoms with Gasteiger partial charge in [-0.1, -0.05) is 74.1 Å². The van der Waals surface area contributed by atoms with Crippen molar-refractivity contribution in [1.29, 1.82) is 0 Å². The lowest BCUT2D eigenvalue weighted by molar-refractivity contribution is -0.140. The molecule has 0 amide bonds. The molecule has 1 aromatic rings. The van der Waals surface area contributed by atoms with Crippen molar-refractivity contribution in [3.05, 3.63) is 84.5 Å². The van der Waals surface area contributed by atoms with Gasteiger partial charge < -0.3 is 9.47 Å². The molecule has 0 aliphatic rings. The van der Waals surface area contributed by atoms with Gasteiger partial charge in [-0.3, -0.25) is 4.79 Å². The lowest BCUT2D eigenvalue weighted by Gasteiger charge is -2.14. The third-order valence-corrected chi connectivity index (χ3v) is 4.76. The third kappa shape index (κ3) is 14.2. The van der Waals surface area contributed by atoms with E-state index in [4.69, 9.17) is 4.74 Å². The van der Waals surface area contributed by atoms with Gasteiger partial charge in [0.2, 0.25) is 0 Å². The molecule has 1 rings (SSSR count). The number of methoxy groups -OCH3 is 1. The molecule has 0 spiro atoms. The van der Waals surface area contributed by atoms with Crippen LogP contribution in [0.15, 0.2) is 78.9 Å². The zero-order valence-electron chi connectivity index (χ0n) is 19.6. The number of allylic oxidation sites excluding steroid dienone is 7. The maximum Gasteiger partial charge on any atom is 0.338 e. The zero-order valence-corrected chi connectivity index (χ0v) is 19.6. The first-order valence-corrected chi connectivity index (χ1v) is 11.6. The summed E-state index contributed by atoms with van der Waals surface area (Å²) < 4.78 is 10.3. The SMILES string of the molecule is CCCC[C@H](/C=C\C/C=C\C/C=C\C/C=C\CCCC(=O)OC)OC(=O)c1ccccc1. The topological polar surface area (TPSA) is 52.6 Å². The summed E-state index contributed by atoms with van der Waals surface area (Å²) in [5, 5.41) is 0. The van der Waals surface area contributed by atoms with Gasteiger partial charge in [0.25, 0.3) is 0 Å². The number of hydrogen-bond donors (Lipinski definition) is 0. The monoisotopic (exact) mass is 438 g/mol. The Bertz CT molecular complexity index is 744. The highest BCUT2D eigenvalue weighted by Crippen LogP contribution is 2.11. The van der Waals surface area contributed by atoms with Crippen molar-refractivity contribution in [3.63, 3.8) is 0 Å². The summed E-state index contributed by atoms with van der Waals surface area (Å²) in [5.74, 6) is -0.417. The number of ether oxygens (including phenoxy) is 2. The average Bonchev–Trinajstić information content (AvgIpc) is 2.82. The van der Waals surface area contributed by atoms with Gasteiger partial charge in [-0.05, 0) is 63.2 Å². The molecule has 4 heteroatoms. The number of hydrogen-bond acceptors (Lipinski definition) is 4. The van der Waals surface area contributed by atoms with Crippen molar-refractivity contribution in [2.45, 2.75) is 70.8 Å². The zero-order chi connectivity index (χ0) is 23.3. The molecule has 0 unspecified atom stereocenters. The van der Waals surface area contributed by atoms with Crippen LogP contribution in [0.5, 0.6) is 0 Å². The van der Waals surface area contributed by atoms with E-state index in [0.717, 1.165) is 51.4 Å². The molecule has 32 heavy (non-hydrogen) atoms. The first-order chi connectivity index (χ1) is 15.7. The van der Waals surface area contributed by atoms with E-state index in [-0.39, 0.29) is 18.0 Å². The summed E-state index contributed by atoms with van der Waals surface area (Å²) in [5.41, 5.74) is 0.588. The highest BCUT2D eigenvalue weighted by molar-refractivity contribution is 5.89. The lowest BCUT2D eigenvalue weighted by atomic mass is 10.1. The molecule has 0 fully saturated rings. The smallest absolute Gasteiger partial charge is 0.338 e. The van der Waals surface area contributed by atoms with Gasteiger partial charge in [0.05, 0.1) is 12.7 Å². The van der Waals surface area contributed by atoms with Gasteiger partial charge in [-0.15, -0.1) is 0 Å². The van der Waals surface area contributed by atoms with Crippen LogP contribution in [0.25, 0.3) is 0 Å². The number of esters is 2. The molecule has 0 saturated carbocycles. The van der Waals surface area contributed by atoms with Crippen molar-refractivity contribution >= 4 is 11.9 Å². The molecule has 0 radical (unpaired) electrons. The minimum atomic E-state index is -0.269. The molecule has 0 heterocycles. The van der Waals surface area contributed by atoms with Crippen molar-refractivity contribution in [2.24, 2.45) is 0 Å². The van der Waals surface area contributed by atoms with Gasteiger partial charge in [-0.25, -0.2) is 4.79 Å². The van der Waals surface area contributed by atoms with Crippen molar-refractivity contribution in [2.75, 3.05) is 7.11 Å². The predicted octanol–water partition coefficient (Wildman–Crippen LogP) is 7.14. The Morgan fingerprint density at radius 2 is 1.50 bits per heavy atom. The Kier molecular flexibility index (Phi) is 16.0. The van der Waals surface area contributed by atoms with Crippen LogP contribution in [0.4, 0.5) is 0 Å². The summed E-state index contributed by atoms with van der Waals surface area (Å²) >= 11 is 0. The Labute approximate surface area is 193 Å². The minimum Gasteiger partial charge on any atom is -0.469 e. The molecular weight excluding hydrogens is 400 g/mol. The molecule has 174 valence electrons. The molecule has 1 aromatic carbocycles. The molecular formula is C28H38O4. The van der Waals surface area contributed by atoms with Crippen LogP contribution in [0.1, 0.15) is 75.1 Å². The summed E-state index contributed by atoms with van der Waals surface area (Å²) in [7, 11) is 1.42. The van der Waals surface area contributed by atoms with Crippen LogP contribution in [-0.4, -0.2) is 25.2 Å². The number of carbonyl (C=O) groups excluding carboxylic acids is 2. The third-order valence-electron chi connectivity index (χ3n) is 4.76. The van der Waals surface area contributed by atoms with Crippen LogP contribution < -0.4 is 0 Å². The van der Waals surface area contributed by atoms with Crippen LogP contribution >= 0.6 is 0 Å². The molecule has 0 aliphatic heterocycles. The standard InChI is InChI=1S/C28H38O4/c1-3-4-22-26(32-28(30)25-20-16-15-17-21-25)23-18-13-11-9-7-5-6-8-10-12-14-19-24-27(29)31-2/h5-6,9-12,15-18,20-21,23,26H,3-4,7-8,13-14,19,22,24H2,1-2H3/b6-5-,11-9-,12-10-,23-18-/t26-/m1/s1. The van der Waals surface area contributed by atoms with E-state index in [1.165, 1.54) is 7.11 Å². The largest absolute Gasteiger partial charge is 0.469 e. The Morgan fingerprint density at radius 1 is 0.875 bits per heavy atom. The van der Waals surface area contributed by atoms with Crippen molar-refractivity contribution in [1.82, 2.24) is 0 Å². The normalized spacial score (nSPS) is 12.8. The Balaban J connectivity index is 2.25. The van der Waals surface area contributed by atoms with Gasteiger partial charge in [0.15, 0.2) is 0 Å². The average molecular weight is 439 g/mol. The minimum absolute atomic E-state index is 0.149. The van der Waals surface area contributed by atoms with Gasteiger partial charge in [-0.2, -0.15) is 0 Å². The van der Waals surface area contributed by atoms with Gasteiger partial charge in [0.1, 0.15) is 6.10 Å². The van der Waals surface area contributed by atoms with Gasteiger partial charge >= 0.3 is 11.9 Å². The highest BCUT2D eigenvalue weighted by atomic mass is 16.5. The molecule has 0 bridgehead atoms. The lowest BCUT2D eigenvalue weighted by Crippen LogP contribution is -2.16. The summed E-state index contributed by atoms with van der Waals surface area (Å²) in [4.78, 5) is 23.3. The quantitative estimate of drug-likeness (QED) is 0.156. The second kappa shape index (κ2) is 18.9. The van der Waals surface area contributed by atoms with Crippen LogP contribution in [0, 0.1) is 0 Å². The molecule has 0 saturated heterocycles. The van der Waals surface area contributed by atoms with E-state index in [1.807, 2.05) is 24.3 Å². The highest BCUT2D eigenvalue weighted by Gasteiger charge is 2.12. The number of carbonyl (C=O) groups is 2. The van der Waals surface area contributed by atoms with E-state index in [1.54, 1.807) is 12.1 Å². The van der Waals surface area contributed by atoms with E-state index < -0.39 is 0 Å². The second-order valence-corrected chi connectivity index (χ2v) is 7.47. The number of benzene rings is 1. The predicted molar refractivity (Wildman–Crippen MR) is 131 cm³/mol. The Morgan fingerprint density at radius 3 is 2.12 bits per heavy atom. The van der Waals surface area contributed by atoms with Gasteiger partial charge in [0, 0.05) is 6.42 Å². The summed E-state index contributed by atoms with van der Waals surface area (Å²) in [6.07, 6.45) is 24.4. The molecule has 1 atom stereocenters. The summed E-state index contributed by atoms with van der Waals surface area (Å²) in [6.45, 7) is 2.14. The van der Waals surface area contributed by atoms with E-state index in [2.05, 4.69) is 54.2 Å². The summed E-state index contributed by atoms with van der Waals surface area (Å²) in [6, 6.07) is 9.13. The molecule has 0 N–H and O–H groups in total. The first-order valence-electron chi connectivity index (χ1n) is 11.6. The van der Waals surface area contributed by atoms with E-state index in [0.29, 0.717) is 12.0 Å². The maximum atomic E-state index is 12.3. The molecule has 0 aromatic heterocycles. The molecule has 4 nitrogen and oxygen atoms in total. The number of rotatable bonds is 16. The molecule has 0 aliphatic carbocycles.